The molecule has 0 radical (unpaired) electrons. The zero-order chi connectivity index (χ0) is 15.4. The van der Waals surface area contributed by atoms with Gasteiger partial charge in [0.15, 0.2) is 0 Å². The minimum Gasteiger partial charge on any atom is -0.368 e. The molecule has 0 unspecified atom stereocenters. The van der Waals surface area contributed by atoms with Crippen LogP contribution in [0.3, 0.4) is 0 Å². The summed E-state index contributed by atoms with van der Waals surface area (Å²) < 4.78 is 0. The van der Waals surface area contributed by atoms with Gasteiger partial charge in [0.05, 0.1) is 0 Å². The van der Waals surface area contributed by atoms with E-state index in [4.69, 9.17) is 11.6 Å². The van der Waals surface area contributed by atoms with Gasteiger partial charge in [-0.1, -0.05) is 23.7 Å². The number of benzene rings is 1. The molecule has 22 heavy (non-hydrogen) atoms. The van der Waals surface area contributed by atoms with E-state index in [1.807, 2.05) is 46.7 Å². The van der Waals surface area contributed by atoms with E-state index in [9.17, 15) is 4.79 Å². The fraction of sp³-hybridized carbons (Fsp3) is 0.235. The summed E-state index contributed by atoms with van der Waals surface area (Å²) in [6.07, 6.45) is 3.55. The van der Waals surface area contributed by atoms with E-state index < -0.39 is 0 Å². The lowest BCUT2D eigenvalue weighted by Crippen LogP contribution is -2.48. The zero-order valence-corrected chi connectivity index (χ0v) is 13.7. The lowest BCUT2D eigenvalue weighted by Gasteiger charge is -2.35. The van der Waals surface area contributed by atoms with Crippen molar-refractivity contribution >= 4 is 40.6 Å². The number of halogens is 1. The van der Waals surface area contributed by atoms with Crippen molar-refractivity contribution in [3.05, 3.63) is 57.8 Å². The van der Waals surface area contributed by atoms with E-state index in [0.717, 1.165) is 41.8 Å². The molecule has 0 saturated carbocycles. The van der Waals surface area contributed by atoms with Crippen LogP contribution in [0.15, 0.2) is 47.9 Å². The maximum absolute atomic E-state index is 12.2. The molecule has 1 amide bonds. The van der Waals surface area contributed by atoms with Crippen molar-refractivity contribution in [3.63, 3.8) is 0 Å². The molecule has 1 aromatic carbocycles. The number of nitrogens with zero attached hydrogens (tertiary/aromatic N) is 2. The van der Waals surface area contributed by atoms with E-state index in [1.165, 1.54) is 0 Å². The van der Waals surface area contributed by atoms with E-state index in [-0.39, 0.29) is 5.91 Å². The summed E-state index contributed by atoms with van der Waals surface area (Å²) in [4.78, 5) is 17.5. The number of carbonyl (C=O) groups is 1. The van der Waals surface area contributed by atoms with Crippen molar-refractivity contribution in [1.82, 2.24) is 4.90 Å². The second-order valence-corrected chi connectivity index (χ2v) is 6.56. The highest BCUT2D eigenvalue weighted by Gasteiger charge is 2.19. The number of piperazine rings is 1. The van der Waals surface area contributed by atoms with Crippen LogP contribution in [0.25, 0.3) is 6.08 Å². The fourth-order valence-corrected chi connectivity index (χ4v) is 3.31. The first-order chi connectivity index (χ1) is 10.7. The molecule has 0 atom stereocenters. The molecule has 114 valence electrons. The fourth-order valence-electron chi connectivity index (χ4n) is 2.50. The molecule has 1 saturated heterocycles. The maximum Gasteiger partial charge on any atom is 0.246 e. The highest BCUT2D eigenvalue weighted by Crippen LogP contribution is 2.21. The SMILES string of the molecule is O=C(C=Cc1cccs1)N1CCN(c2cccc(Cl)c2)CC1. The van der Waals surface area contributed by atoms with Crippen LogP contribution in [0, 0.1) is 0 Å². The minimum atomic E-state index is 0.0825. The molecule has 2 heterocycles. The van der Waals surface area contributed by atoms with Crippen LogP contribution in [-0.2, 0) is 4.79 Å². The summed E-state index contributed by atoms with van der Waals surface area (Å²) in [5.41, 5.74) is 1.12. The number of rotatable bonds is 3. The van der Waals surface area contributed by atoms with Crippen LogP contribution in [0.4, 0.5) is 5.69 Å². The van der Waals surface area contributed by atoms with Crippen molar-refractivity contribution < 1.29 is 4.79 Å². The normalized spacial score (nSPS) is 15.5. The smallest absolute Gasteiger partial charge is 0.246 e. The van der Waals surface area contributed by atoms with Crippen LogP contribution in [0.5, 0.6) is 0 Å². The summed E-state index contributed by atoms with van der Waals surface area (Å²) in [5.74, 6) is 0.0825. The first kappa shape index (κ1) is 15.1. The summed E-state index contributed by atoms with van der Waals surface area (Å²) in [5, 5.41) is 2.75. The molecule has 1 fully saturated rings. The van der Waals surface area contributed by atoms with Crippen LogP contribution in [-0.4, -0.2) is 37.0 Å². The molecule has 1 aromatic heterocycles. The number of amides is 1. The minimum absolute atomic E-state index is 0.0825. The van der Waals surface area contributed by atoms with Gasteiger partial charge in [0.25, 0.3) is 0 Å². The Morgan fingerprint density at radius 3 is 2.64 bits per heavy atom. The number of anilines is 1. The number of hydrogen-bond donors (Lipinski definition) is 0. The Labute approximate surface area is 139 Å². The van der Waals surface area contributed by atoms with Crippen molar-refractivity contribution in [3.8, 4) is 0 Å². The van der Waals surface area contributed by atoms with Crippen molar-refractivity contribution in [1.29, 1.82) is 0 Å². The van der Waals surface area contributed by atoms with Gasteiger partial charge in [-0.3, -0.25) is 4.79 Å². The topological polar surface area (TPSA) is 23.6 Å². The van der Waals surface area contributed by atoms with Crippen molar-refractivity contribution in [2.45, 2.75) is 0 Å². The van der Waals surface area contributed by atoms with E-state index >= 15 is 0 Å². The Morgan fingerprint density at radius 2 is 1.95 bits per heavy atom. The number of hydrogen-bond acceptors (Lipinski definition) is 3. The summed E-state index contributed by atoms with van der Waals surface area (Å²) in [6.45, 7) is 3.14. The molecule has 1 aliphatic heterocycles. The van der Waals surface area contributed by atoms with Gasteiger partial charge in [0.2, 0.25) is 5.91 Å². The van der Waals surface area contributed by atoms with E-state index in [1.54, 1.807) is 17.4 Å². The molecule has 0 N–H and O–H groups in total. The Hall–Kier alpha value is -1.78. The monoisotopic (exact) mass is 332 g/mol. The van der Waals surface area contributed by atoms with Gasteiger partial charge < -0.3 is 9.80 Å². The van der Waals surface area contributed by atoms with Gasteiger partial charge in [-0.15, -0.1) is 11.3 Å². The predicted octanol–water partition coefficient (Wildman–Crippen LogP) is 3.76. The molecule has 3 nitrogen and oxygen atoms in total. The molecule has 2 aromatic rings. The van der Waals surface area contributed by atoms with Crippen LogP contribution in [0.1, 0.15) is 4.88 Å². The maximum atomic E-state index is 12.2. The zero-order valence-electron chi connectivity index (χ0n) is 12.1. The lowest BCUT2D eigenvalue weighted by atomic mass is 10.2. The molecule has 0 bridgehead atoms. The largest absolute Gasteiger partial charge is 0.368 e. The van der Waals surface area contributed by atoms with Gasteiger partial charge in [-0.25, -0.2) is 0 Å². The third kappa shape index (κ3) is 3.70. The Balaban J connectivity index is 1.56. The van der Waals surface area contributed by atoms with E-state index in [2.05, 4.69) is 11.0 Å². The van der Waals surface area contributed by atoms with Gasteiger partial charge in [-0.05, 0) is 35.7 Å². The van der Waals surface area contributed by atoms with Crippen LogP contribution < -0.4 is 4.90 Å². The summed E-state index contributed by atoms with van der Waals surface area (Å²) >= 11 is 7.67. The molecule has 5 heteroatoms. The highest BCUT2D eigenvalue weighted by molar-refractivity contribution is 7.10. The van der Waals surface area contributed by atoms with Crippen LogP contribution >= 0.6 is 22.9 Å². The summed E-state index contributed by atoms with van der Waals surface area (Å²) in [7, 11) is 0. The molecule has 3 rings (SSSR count). The van der Waals surface area contributed by atoms with Crippen molar-refractivity contribution in [2.24, 2.45) is 0 Å². The Morgan fingerprint density at radius 1 is 1.14 bits per heavy atom. The van der Waals surface area contributed by atoms with Crippen molar-refractivity contribution in [2.75, 3.05) is 31.1 Å². The molecule has 0 spiro atoms. The summed E-state index contributed by atoms with van der Waals surface area (Å²) in [6, 6.07) is 11.8. The molecule has 0 aliphatic carbocycles. The third-order valence-electron chi connectivity index (χ3n) is 3.70. The first-order valence-electron chi connectivity index (χ1n) is 7.23. The third-order valence-corrected chi connectivity index (χ3v) is 4.77. The molecular formula is C17H17ClN2OS. The average Bonchev–Trinajstić information content (AvgIpc) is 3.06. The highest BCUT2D eigenvalue weighted by atomic mass is 35.5. The number of carbonyl (C=O) groups excluding carboxylic acids is 1. The first-order valence-corrected chi connectivity index (χ1v) is 8.49. The lowest BCUT2D eigenvalue weighted by molar-refractivity contribution is -0.126. The molecular weight excluding hydrogens is 316 g/mol. The quantitative estimate of drug-likeness (QED) is 0.799. The predicted molar refractivity (Wildman–Crippen MR) is 93.6 cm³/mol. The van der Waals surface area contributed by atoms with Gasteiger partial charge >= 0.3 is 0 Å². The van der Waals surface area contributed by atoms with Gasteiger partial charge in [0.1, 0.15) is 0 Å². The Kier molecular flexibility index (Phi) is 4.80. The van der Waals surface area contributed by atoms with Gasteiger partial charge in [-0.2, -0.15) is 0 Å². The van der Waals surface area contributed by atoms with E-state index in [0.29, 0.717) is 0 Å². The second kappa shape index (κ2) is 6.99. The standard InChI is InChI=1S/C17H17ClN2OS/c18-14-3-1-4-15(13-14)19-8-10-20(11-9-19)17(21)7-6-16-5-2-12-22-16/h1-7,12-13H,8-11H2. The number of thiophene rings is 1. The molecule has 1 aliphatic rings. The Bertz CT molecular complexity index is 661. The second-order valence-electron chi connectivity index (χ2n) is 5.14. The van der Waals surface area contributed by atoms with Crippen LogP contribution in [0.2, 0.25) is 5.02 Å². The average molecular weight is 333 g/mol. The van der Waals surface area contributed by atoms with Gasteiger partial charge in [0, 0.05) is 47.8 Å².